The summed E-state index contributed by atoms with van der Waals surface area (Å²) in [6.07, 6.45) is 7.58. The largest absolute Gasteiger partial charge is 0.342 e. The van der Waals surface area contributed by atoms with Crippen LogP contribution in [-0.2, 0) is 17.6 Å². The van der Waals surface area contributed by atoms with Crippen molar-refractivity contribution in [1.29, 1.82) is 0 Å². The monoisotopic (exact) mass is 378 g/mol. The first-order chi connectivity index (χ1) is 12.2. The molecule has 1 aliphatic carbocycles. The van der Waals surface area contributed by atoms with E-state index in [1.54, 1.807) is 0 Å². The molecule has 1 aromatic carbocycles. The van der Waals surface area contributed by atoms with Crippen molar-refractivity contribution in [3.8, 4) is 0 Å². The summed E-state index contributed by atoms with van der Waals surface area (Å²) >= 11 is 0. The van der Waals surface area contributed by atoms with Gasteiger partial charge in [-0.2, -0.15) is 0 Å². The molecule has 1 unspecified atom stereocenters. The van der Waals surface area contributed by atoms with Gasteiger partial charge in [0, 0.05) is 31.5 Å². The number of amides is 1. The van der Waals surface area contributed by atoms with Gasteiger partial charge in [-0.15, -0.1) is 12.4 Å². The number of nitrogens with one attached hydrogen (secondary N) is 1. The molecule has 1 amide bonds. The normalized spacial score (nSPS) is 19.4. The summed E-state index contributed by atoms with van der Waals surface area (Å²) in [5, 5.41) is 3.20. The van der Waals surface area contributed by atoms with Gasteiger partial charge in [-0.05, 0) is 75.2 Å². The molecule has 1 fully saturated rings. The van der Waals surface area contributed by atoms with E-state index in [1.807, 2.05) is 18.0 Å². The summed E-state index contributed by atoms with van der Waals surface area (Å²) in [5.41, 5.74) is 3.50. The maximum atomic E-state index is 12.5. The van der Waals surface area contributed by atoms with Crippen LogP contribution >= 0.6 is 12.4 Å². The number of hydrogen-bond acceptors (Lipinski definition) is 3. The molecule has 1 atom stereocenters. The van der Waals surface area contributed by atoms with Crippen molar-refractivity contribution >= 4 is 24.1 Å². The molecule has 4 nitrogen and oxygen atoms in total. The number of piperidine rings is 1. The summed E-state index contributed by atoms with van der Waals surface area (Å²) in [6, 6.07) is 6.11. The van der Waals surface area contributed by atoms with Gasteiger partial charge in [0.1, 0.15) is 0 Å². The molecule has 0 radical (unpaired) electrons. The smallest absolute Gasteiger partial charge is 0.223 e. The van der Waals surface area contributed by atoms with Crippen LogP contribution in [0, 0.1) is 5.92 Å². The van der Waals surface area contributed by atoms with E-state index in [2.05, 4.69) is 17.4 Å². The number of benzene rings is 1. The highest BCUT2D eigenvalue weighted by Gasteiger charge is 2.23. The molecule has 0 bridgehead atoms. The predicted octanol–water partition coefficient (Wildman–Crippen LogP) is 3.41. The Labute approximate surface area is 163 Å². The molecule has 5 heteroatoms. The lowest BCUT2D eigenvalue weighted by atomic mass is 9.89. The fraction of sp³-hybridized carbons (Fsp3) is 0.619. The van der Waals surface area contributed by atoms with E-state index in [1.165, 1.54) is 30.4 Å². The quantitative estimate of drug-likeness (QED) is 0.772. The van der Waals surface area contributed by atoms with Crippen molar-refractivity contribution in [2.24, 2.45) is 5.92 Å². The van der Waals surface area contributed by atoms with Crippen molar-refractivity contribution in [2.75, 3.05) is 26.7 Å². The molecule has 1 heterocycles. The van der Waals surface area contributed by atoms with E-state index in [4.69, 9.17) is 0 Å². The van der Waals surface area contributed by atoms with Crippen molar-refractivity contribution in [1.82, 2.24) is 10.2 Å². The number of aryl methyl sites for hydroxylation is 2. The Hall–Kier alpha value is -1.39. The van der Waals surface area contributed by atoms with Gasteiger partial charge in [-0.1, -0.05) is 12.1 Å². The molecule has 144 valence electrons. The topological polar surface area (TPSA) is 49.4 Å². The number of ketones is 1. The maximum absolute atomic E-state index is 12.5. The van der Waals surface area contributed by atoms with Gasteiger partial charge in [-0.25, -0.2) is 0 Å². The molecule has 26 heavy (non-hydrogen) atoms. The predicted molar refractivity (Wildman–Crippen MR) is 107 cm³/mol. The summed E-state index contributed by atoms with van der Waals surface area (Å²) in [5.74, 6) is 0.775. The fourth-order valence-corrected chi connectivity index (χ4v) is 4.18. The lowest BCUT2D eigenvalue weighted by molar-refractivity contribution is -0.132. The second-order valence-electron chi connectivity index (χ2n) is 7.52. The number of likely N-dealkylation sites (tertiary alicyclic amines) is 1. The van der Waals surface area contributed by atoms with Crippen LogP contribution in [0.4, 0.5) is 0 Å². The molecule has 0 spiro atoms. The molecule has 3 rings (SSSR count). The molecular formula is C21H31ClN2O2. The van der Waals surface area contributed by atoms with Gasteiger partial charge in [0.25, 0.3) is 0 Å². The van der Waals surface area contributed by atoms with E-state index in [0.29, 0.717) is 18.8 Å². The zero-order chi connectivity index (χ0) is 17.6. The average Bonchev–Trinajstić information content (AvgIpc) is 2.66. The van der Waals surface area contributed by atoms with Gasteiger partial charge < -0.3 is 10.2 Å². The molecule has 1 N–H and O–H groups in total. The van der Waals surface area contributed by atoms with E-state index < -0.39 is 0 Å². The van der Waals surface area contributed by atoms with Crippen LogP contribution in [0.3, 0.4) is 0 Å². The van der Waals surface area contributed by atoms with Crippen LogP contribution in [0.25, 0.3) is 0 Å². The highest BCUT2D eigenvalue weighted by Crippen LogP contribution is 2.23. The number of halogens is 1. The molecule has 1 aliphatic heterocycles. The lowest BCUT2D eigenvalue weighted by Gasteiger charge is -2.32. The maximum Gasteiger partial charge on any atom is 0.223 e. The first-order valence-electron chi connectivity index (χ1n) is 9.74. The first kappa shape index (κ1) is 20.9. The Morgan fingerprint density at radius 1 is 1.12 bits per heavy atom. The Balaban J connectivity index is 0.00000243. The average molecular weight is 379 g/mol. The minimum atomic E-state index is 0. The summed E-state index contributed by atoms with van der Waals surface area (Å²) in [4.78, 5) is 26.9. The molecule has 2 aliphatic rings. The molecular weight excluding hydrogens is 348 g/mol. The van der Waals surface area contributed by atoms with Crippen LogP contribution in [0.2, 0.25) is 0 Å². The fourth-order valence-electron chi connectivity index (χ4n) is 4.18. The van der Waals surface area contributed by atoms with Gasteiger partial charge in [-0.3, -0.25) is 9.59 Å². The zero-order valence-electron chi connectivity index (χ0n) is 15.8. The Morgan fingerprint density at radius 2 is 1.88 bits per heavy atom. The molecule has 0 saturated carbocycles. The SMILES string of the molecule is CNCC1CCCN(C(=O)CCC(=O)c2ccc3c(c2)CCCC3)C1.Cl. The number of rotatable bonds is 6. The first-order valence-corrected chi connectivity index (χ1v) is 9.74. The number of Topliss-reactive ketones (excluding diaryl/α,β-unsaturated/α-hetero) is 1. The number of nitrogens with zero attached hydrogens (tertiary/aromatic N) is 1. The van der Waals surface area contributed by atoms with Crippen molar-refractivity contribution < 1.29 is 9.59 Å². The zero-order valence-corrected chi connectivity index (χ0v) is 16.6. The second kappa shape index (κ2) is 10.1. The number of hydrogen-bond donors (Lipinski definition) is 1. The third kappa shape index (κ3) is 5.31. The van der Waals surface area contributed by atoms with E-state index >= 15 is 0 Å². The van der Waals surface area contributed by atoms with Crippen LogP contribution in [-0.4, -0.2) is 43.3 Å². The van der Waals surface area contributed by atoms with E-state index in [0.717, 1.165) is 44.5 Å². The summed E-state index contributed by atoms with van der Waals surface area (Å²) in [7, 11) is 1.96. The standard InChI is InChI=1S/C21H30N2O2.ClH/c1-22-14-16-5-4-12-23(15-16)21(25)11-10-20(24)19-9-8-17-6-2-3-7-18(17)13-19;/h8-9,13,16,22H,2-7,10-12,14-15H2,1H3;1H. The summed E-state index contributed by atoms with van der Waals surface area (Å²) in [6.45, 7) is 2.62. The third-order valence-corrected chi connectivity index (χ3v) is 5.60. The second-order valence-corrected chi connectivity index (χ2v) is 7.52. The van der Waals surface area contributed by atoms with Crippen LogP contribution in [0.15, 0.2) is 18.2 Å². The molecule has 0 aromatic heterocycles. The van der Waals surface area contributed by atoms with Crippen molar-refractivity contribution in [3.63, 3.8) is 0 Å². The van der Waals surface area contributed by atoms with Crippen LogP contribution in [0.5, 0.6) is 0 Å². The number of carbonyl (C=O) groups is 2. The lowest BCUT2D eigenvalue weighted by Crippen LogP contribution is -2.42. The third-order valence-electron chi connectivity index (χ3n) is 5.60. The van der Waals surface area contributed by atoms with E-state index in [-0.39, 0.29) is 24.1 Å². The van der Waals surface area contributed by atoms with Crippen molar-refractivity contribution in [2.45, 2.75) is 51.4 Å². The Morgan fingerprint density at radius 3 is 2.65 bits per heavy atom. The highest BCUT2D eigenvalue weighted by atomic mass is 35.5. The van der Waals surface area contributed by atoms with Gasteiger partial charge in [0.2, 0.25) is 5.91 Å². The summed E-state index contributed by atoms with van der Waals surface area (Å²) < 4.78 is 0. The van der Waals surface area contributed by atoms with Gasteiger partial charge in [0.05, 0.1) is 0 Å². The van der Waals surface area contributed by atoms with Gasteiger partial charge >= 0.3 is 0 Å². The highest BCUT2D eigenvalue weighted by molar-refractivity contribution is 5.98. The Kier molecular flexibility index (Phi) is 8.11. The number of carbonyl (C=O) groups excluding carboxylic acids is 2. The van der Waals surface area contributed by atoms with E-state index in [9.17, 15) is 9.59 Å². The van der Waals surface area contributed by atoms with Crippen LogP contribution in [0.1, 0.15) is 60.0 Å². The van der Waals surface area contributed by atoms with Gasteiger partial charge in [0.15, 0.2) is 5.78 Å². The minimum absolute atomic E-state index is 0. The molecule has 1 saturated heterocycles. The van der Waals surface area contributed by atoms with Crippen LogP contribution < -0.4 is 5.32 Å². The minimum Gasteiger partial charge on any atom is -0.342 e. The van der Waals surface area contributed by atoms with Crippen molar-refractivity contribution in [3.05, 3.63) is 34.9 Å². The number of fused-ring (bicyclic) bond motifs is 1. The Bertz CT molecular complexity index is 630. The molecule has 1 aromatic rings.